The van der Waals surface area contributed by atoms with E-state index in [1.807, 2.05) is 7.05 Å². The summed E-state index contributed by atoms with van der Waals surface area (Å²) in [5, 5.41) is 2.91. The third kappa shape index (κ3) is 4.10. The Morgan fingerprint density at radius 2 is 2.27 bits per heavy atom. The van der Waals surface area contributed by atoms with E-state index in [9.17, 15) is 9.18 Å². The minimum Gasteiger partial charge on any atom is -0.319 e. The van der Waals surface area contributed by atoms with Crippen molar-refractivity contribution in [3.63, 3.8) is 0 Å². The van der Waals surface area contributed by atoms with Crippen LogP contribution in [0.25, 0.3) is 0 Å². The van der Waals surface area contributed by atoms with Crippen LogP contribution in [0.15, 0.2) is 22.7 Å². The fraction of sp³-hybridized carbons (Fsp3) is 0.364. The van der Waals surface area contributed by atoms with Crippen LogP contribution in [-0.2, 0) is 11.2 Å². The highest BCUT2D eigenvalue weighted by Gasteiger charge is 2.05. The molecule has 0 saturated carbocycles. The number of rotatable bonds is 5. The zero-order valence-electron chi connectivity index (χ0n) is 8.52. The second-order valence-electron chi connectivity index (χ2n) is 3.32. The van der Waals surface area contributed by atoms with Crippen molar-refractivity contribution in [3.05, 3.63) is 34.1 Å². The van der Waals surface area contributed by atoms with Crippen molar-refractivity contribution in [1.29, 1.82) is 0 Å². The lowest BCUT2D eigenvalue weighted by Crippen LogP contribution is -2.14. The fourth-order valence-electron chi connectivity index (χ4n) is 1.23. The second-order valence-corrected chi connectivity index (χ2v) is 4.17. The van der Waals surface area contributed by atoms with Gasteiger partial charge in [0.25, 0.3) is 0 Å². The third-order valence-electron chi connectivity index (χ3n) is 2.04. The second kappa shape index (κ2) is 5.98. The normalized spacial score (nSPS) is 10.3. The van der Waals surface area contributed by atoms with E-state index in [0.717, 1.165) is 5.56 Å². The molecule has 0 bridgehead atoms. The van der Waals surface area contributed by atoms with Gasteiger partial charge in [-0.3, -0.25) is 4.79 Å². The van der Waals surface area contributed by atoms with E-state index < -0.39 is 0 Å². The van der Waals surface area contributed by atoms with Gasteiger partial charge >= 0.3 is 0 Å². The van der Waals surface area contributed by atoms with Crippen molar-refractivity contribution in [2.24, 2.45) is 0 Å². The number of carbonyl (C=O) groups excluding carboxylic acids is 1. The van der Waals surface area contributed by atoms with Crippen molar-refractivity contribution in [3.8, 4) is 0 Å². The molecular weight excluding hydrogens is 261 g/mol. The number of ketones is 1. The molecule has 0 fully saturated rings. The molecule has 0 atom stereocenters. The van der Waals surface area contributed by atoms with Crippen LogP contribution in [-0.4, -0.2) is 19.4 Å². The molecule has 0 aromatic heterocycles. The van der Waals surface area contributed by atoms with Gasteiger partial charge in [0.1, 0.15) is 11.6 Å². The highest BCUT2D eigenvalue weighted by molar-refractivity contribution is 9.10. The Morgan fingerprint density at radius 3 is 2.87 bits per heavy atom. The lowest BCUT2D eigenvalue weighted by molar-refractivity contribution is -0.118. The number of hydrogen-bond acceptors (Lipinski definition) is 2. The van der Waals surface area contributed by atoms with Crippen molar-refractivity contribution < 1.29 is 9.18 Å². The number of hydrogen-bond donors (Lipinski definition) is 1. The number of Topliss-reactive ketones (excluding diaryl/α,β-unsaturated/α-hetero) is 1. The molecule has 0 saturated heterocycles. The van der Waals surface area contributed by atoms with Gasteiger partial charge in [0.05, 0.1) is 4.47 Å². The Kier molecular flexibility index (Phi) is 4.91. The standard InChI is InChI=1S/C11H13BrFNO/c1-14-5-4-9(15)6-8-2-3-11(13)10(12)7-8/h2-3,7,14H,4-6H2,1H3. The van der Waals surface area contributed by atoms with Crippen LogP contribution in [0.2, 0.25) is 0 Å². The quantitative estimate of drug-likeness (QED) is 0.892. The van der Waals surface area contributed by atoms with Gasteiger partial charge in [0, 0.05) is 19.4 Å². The Hall–Kier alpha value is -0.740. The molecule has 1 aromatic carbocycles. The maximum absolute atomic E-state index is 12.9. The number of carbonyl (C=O) groups is 1. The van der Waals surface area contributed by atoms with Crippen LogP contribution in [0.1, 0.15) is 12.0 Å². The summed E-state index contributed by atoms with van der Waals surface area (Å²) < 4.78 is 13.3. The zero-order valence-corrected chi connectivity index (χ0v) is 10.1. The largest absolute Gasteiger partial charge is 0.319 e. The van der Waals surface area contributed by atoms with Gasteiger partial charge in [-0.15, -0.1) is 0 Å². The van der Waals surface area contributed by atoms with Gasteiger partial charge in [0.2, 0.25) is 0 Å². The van der Waals surface area contributed by atoms with Crippen LogP contribution >= 0.6 is 15.9 Å². The first-order valence-corrected chi connectivity index (χ1v) is 5.53. The molecule has 4 heteroatoms. The minimum atomic E-state index is -0.304. The van der Waals surface area contributed by atoms with Crippen LogP contribution < -0.4 is 5.32 Å². The summed E-state index contributed by atoms with van der Waals surface area (Å²) in [6.07, 6.45) is 0.867. The molecule has 2 nitrogen and oxygen atoms in total. The van der Waals surface area contributed by atoms with Gasteiger partial charge in [0.15, 0.2) is 0 Å². The Labute approximate surface area is 97.0 Å². The molecule has 0 aliphatic carbocycles. The van der Waals surface area contributed by atoms with E-state index in [4.69, 9.17) is 0 Å². The van der Waals surface area contributed by atoms with Crippen LogP contribution in [0.3, 0.4) is 0 Å². The van der Waals surface area contributed by atoms with Gasteiger partial charge in [-0.2, -0.15) is 0 Å². The van der Waals surface area contributed by atoms with E-state index in [1.54, 1.807) is 12.1 Å². The van der Waals surface area contributed by atoms with Gasteiger partial charge < -0.3 is 5.32 Å². The fourth-order valence-corrected chi connectivity index (χ4v) is 1.66. The summed E-state index contributed by atoms with van der Waals surface area (Å²) >= 11 is 3.09. The predicted molar refractivity (Wildman–Crippen MR) is 61.4 cm³/mol. The van der Waals surface area contributed by atoms with Crippen LogP contribution in [0.5, 0.6) is 0 Å². The van der Waals surface area contributed by atoms with Crippen molar-refractivity contribution >= 4 is 21.7 Å². The molecule has 0 heterocycles. The first kappa shape index (κ1) is 12.3. The molecular formula is C11H13BrFNO. The van der Waals surface area contributed by atoms with Crippen LogP contribution in [0.4, 0.5) is 4.39 Å². The summed E-state index contributed by atoms with van der Waals surface area (Å²) in [5.74, 6) is -0.149. The van der Waals surface area contributed by atoms with E-state index in [1.165, 1.54) is 6.07 Å². The number of benzene rings is 1. The molecule has 0 spiro atoms. The van der Waals surface area contributed by atoms with Gasteiger partial charge in [-0.1, -0.05) is 6.07 Å². The van der Waals surface area contributed by atoms with Gasteiger partial charge in [-0.05, 0) is 40.7 Å². The number of nitrogens with one attached hydrogen (secondary N) is 1. The van der Waals surface area contributed by atoms with Gasteiger partial charge in [-0.25, -0.2) is 4.39 Å². The number of halogens is 2. The summed E-state index contributed by atoms with van der Waals surface area (Å²) in [7, 11) is 1.81. The molecule has 1 N–H and O–H groups in total. The Balaban J connectivity index is 2.57. The summed E-state index contributed by atoms with van der Waals surface area (Å²) in [6, 6.07) is 4.65. The monoisotopic (exact) mass is 273 g/mol. The molecule has 1 aromatic rings. The molecule has 1 rings (SSSR count). The molecule has 0 unspecified atom stereocenters. The summed E-state index contributed by atoms with van der Waals surface area (Å²) in [6.45, 7) is 0.682. The molecule has 0 aliphatic rings. The average molecular weight is 274 g/mol. The molecule has 82 valence electrons. The van der Waals surface area contributed by atoms with Crippen molar-refractivity contribution in [2.45, 2.75) is 12.8 Å². The summed E-state index contributed by atoms with van der Waals surface area (Å²) in [4.78, 5) is 11.4. The van der Waals surface area contributed by atoms with Crippen molar-refractivity contribution in [1.82, 2.24) is 5.32 Å². The van der Waals surface area contributed by atoms with E-state index >= 15 is 0 Å². The van der Waals surface area contributed by atoms with E-state index in [2.05, 4.69) is 21.2 Å². The Bertz CT molecular complexity index is 354. The predicted octanol–water partition coefficient (Wildman–Crippen LogP) is 2.31. The lowest BCUT2D eigenvalue weighted by Gasteiger charge is -2.02. The van der Waals surface area contributed by atoms with E-state index in [-0.39, 0.29) is 11.6 Å². The topological polar surface area (TPSA) is 29.1 Å². The maximum Gasteiger partial charge on any atom is 0.138 e. The first-order valence-electron chi connectivity index (χ1n) is 4.73. The average Bonchev–Trinajstić information content (AvgIpc) is 2.20. The highest BCUT2D eigenvalue weighted by atomic mass is 79.9. The van der Waals surface area contributed by atoms with E-state index in [0.29, 0.717) is 23.9 Å². The minimum absolute atomic E-state index is 0.155. The molecule has 15 heavy (non-hydrogen) atoms. The smallest absolute Gasteiger partial charge is 0.138 e. The highest BCUT2D eigenvalue weighted by Crippen LogP contribution is 2.17. The summed E-state index contributed by atoms with van der Waals surface area (Å²) in [5.41, 5.74) is 0.837. The Morgan fingerprint density at radius 1 is 1.53 bits per heavy atom. The molecule has 0 radical (unpaired) electrons. The SMILES string of the molecule is CNCCC(=O)Cc1ccc(F)c(Br)c1. The lowest BCUT2D eigenvalue weighted by atomic mass is 10.1. The first-order chi connectivity index (χ1) is 7.13. The van der Waals surface area contributed by atoms with Crippen LogP contribution in [0, 0.1) is 5.82 Å². The maximum atomic E-state index is 12.9. The molecule has 0 aliphatic heterocycles. The zero-order chi connectivity index (χ0) is 11.3. The third-order valence-corrected chi connectivity index (χ3v) is 2.65. The van der Waals surface area contributed by atoms with Crippen molar-refractivity contribution in [2.75, 3.05) is 13.6 Å². The molecule has 0 amide bonds.